The Balaban J connectivity index is 2.38. The Morgan fingerprint density at radius 3 is 2.71 bits per heavy atom. The largest absolute Gasteiger partial charge is 0.310 e. The molecule has 1 N–H and O–H groups in total. The predicted octanol–water partition coefficient (Wildman–Crippen LogP) is 3.15. The molecular formula is C10H10BrF2N. The van der Waals surface area contributed by atoms with Gasteiger partial charge in [-0.25, -0.2) is 8.78 Å². The molecule has 14 heavy (non-hydrogen) atoms. The first-order valence-electron chi connectivity index (χ1n) is 4.57. The summed E-state index contributed by atoms with van der Waals surface area (Å²) in [6.07, 6.45) is 1.89. The van der Waals surface area contributed by atoms with Crippen LogP contribution in [0, 0.1) is 11.6 Å². The van der Waals surface area contributed by atoms with E-state index in [0.717, 1.165) is 19.4 Å². The topological polar surface area (TPSA) is 12.0 Å². The molecule has 1 nitrogen and oxygen atoms in total. The van der Waals surface area contributed by atoms with Gasteiger partial charge < -0.3 is 5.32 Å². The van der Waals surface area contributed by atoms with Gasteiger partial charge >= 0.3 is 0 Å². The number of rotatable bonds is 1. The van der Waals surface area contributed by atoms with Crippen molar-refractivity contribution in [3.05, 3.63) is 33.8 Å². The highest BCUT2D eigenvalue weighted by Gasteiger charge is 2.22. The molecule has 0 saturated carbocycles. The Bertz CT molecular complexity index is 348. The zero-order valence-electron chi connectivity index (χ0n) is 7.49. The lowest BCUT2D eigenvalue weighted by Gasteiger charge is -2.12. The third kappa shape index (κ3) is 1.68. The summed E-state index contributed by atoms with van der Waals surface area (Å²) < 4.78 is 26.8. The molecule has 1 heterocycles. The maximum absolute atomic E-state index is 13.5. The first-order valence-corrected chi connectivity index (χ1v) is 5.36. The summed E-state index contributed by atoms with van der Waals surface area (Å²) in [5.74, 6) is -1.53. The van der Waals surface area contributed by atoms with E-state index in [9.17, 15) is 8.78 Å². The fourth-order valence-electron chi connectivity index (χ4n) is 1.76. The predicted molar refractivity (Wildman–Crippen MR) is 54.0 cm³/mol. The van der Waals surface area contributed by atoms with Gasteiger partial charge in [0.1, 0.15) is 0 Å². The molecule has 0 amide bonds. The van der Waals surface area contributed by atoms with Gasteiger partial charge in [0.15, 0.2) is 11.6 Å². The number of halogens is 3. The highest BCUT2D eigenvalue weighted by Crippen LogP contribution is 2.29. The summed E-state index contributed by atoms with van der Waals surface area (Å²) in [6, 6.07) is 3.15. The summed E-state index contributed by atoms with van der Waals surface area (Å²) >= 11 is 2.95. The van der Waals surface area contributed by atoms with Gasteiger partial charge in [-0.3, -0.25) is 0 Å². The third-order valence-electron chi connectivity index (χ3n) is 2.50. The van der Waals surface area contributed by atoms with Crippen LogP contribution in [0.3, 0.4) is 0 Å². The molecular weight excluding hydrogens is 252 g/mol. The molecule has 1 aromatic carbocycles. The van der Waals surface area contributed by atoms with Crippen LogP contribution in [0.25, 0.3) is 0 Å². The molecule has 1 aliphatic rings. The first kappa shape index (κ1) is 10.1. The summed E-state index contributed by atoms with van der Waals surface area (Å²) in [6.45, 7) is 0.877. The van der Waals surface area contributed by atoms with E-state index in [-0.39, 0.29) is 10.5 Å². The minimum atomic E-state index is -0.795. The van der Waals surface area contributed by atoms with Gasteiger partial charge in [0.2, 0.25) is 0 Å². The molecule has 1 aliphatic heterocycles. The van der Waals surface area contributed by atoms with E-state index in [1.54, 1.807) is 12.1 Å². The van der Waals surface area contributed by atoms with E-state index in [2.05, 4.69) is 21.2 Å². The quantitative estimate of drug-likeness (QED) is 0.766. The van der Waals surface area contributed by atoms with Crippen LogP contribution in [0.1, 0.15) is 24.4 Å². The molecule has 0 spiro atoms. The summed E-state index contributed by atoms with van der Waals surface area (Å²) in [5, 5.41) is 3.14. The van der Waals surface area contributed by atoms with Crippen LogP contribution in [0.4, 0.5) is 8.78 Å². The van der Waals surface area contributed by atoms with Crippen molar-refractivity contribution >= 4 is 15.9 Å². The van der Waals surface area contributed by atoms with Gasteiger partial charge in [0, 0.05) is 11.6 Å². The molecule has 0 radical (unpaired) electrons. The molecule has 0 aliphatic carbocycles. The van der Waals surface area contributed by atoms with E-state index >= 15 is 0 Å². The highest BCUT2D eigenvalue weighted by atomic mass is 79.9. The first-order chi connectivity index (χ1) is 6.70. The molecule has 1 atom stereocenters. The van der Waals surface area contributed by atoms with Crippen molar-refractivity contribution in [1.29, 1.82) is 0 Å². The van der Waals surface area contributed by atoms with Crippen molar-refractivity contribution in [3.63, 3.8) is 0 Å². The molecule has 0 bridgehead atoms. The molecule has 1 saturated heterocycles. The van der Waals surface area contributed by atoms with Gasteiger partial charge in [-0.2, -0.15) is 0 Å². The number of hydrogen-bond acceptors (Lipinski definition) is 1. The van der Waals surface area contributed by atoms with Gasteiger partial charge in [-0.05, 0) is 41.4 Å². The lowest BCUT2D eigenvalue weighted by atomic mass is 10.0. The van der Waals surface area contributed by atoms with E-state index < -0.39 is 11.6 Å². The molecule has 76 valence electrons. The summed E-state index contributed by atoms with van der Waals surface area (Å²) in [7, 11) is 0. The van der Waals surface area contributed by atoms with Crippen molar-refractivity contribution < 1.29 is 8.78 Å². The SMILES string of the molecule is Fc1c(Br)ccc(C2CCCN2)c1F. The van der Waals surface area contributed by atoms with Crippen LogP contribution >= 0.6 is 15.9 Å². The van der Waals surface area contributed by atoms with Crippen molar-refractivity contribution in [2.45, 2.75) is 18.9 Å². The maximum Gasteiger partial charge on any atom is 0.173 e. The number of benzene rings is 1. The van der Waals surface area contributed by atoms with Gasteiger partial charge in [0.25, 0.3) is 0 Å². The summed E-state index contributed by atoms with van der Waals surface area (Å²) in [4.78, 5) is 0. The minimum absolute atomic E-state index is 0.0300. The van der Waals surface area contributed by atoms with Gasteiger partial charge in [-0.15, -0.1) is 0 Å². The lowest BCUT2D eigenvalue weighted by molar-refractivity contribution is 0.477. The monoisotopic (exact) mass is 261 g/mol. The maximum atomic E-state index is 13.5. The van der Waals surface area contributed by atoms with E-state index in [1.807, 2.05) is 0 Å². The van der Waals surface area contributed by atoms with E-state index in [4.69, 9.17) is 0 Å². The Kier molecular flexibility index (Phi) is 2.83. The van der Waals surface area contributed by atoms with Crippen LogP contribution in [0.5, 0.6) is 0 Å². The second kappa shape index (κ2) is 3.95. The third-order valence-corrected chi connectivity index (χ3v) is 3.11. The standard InChI is InChI=1S/C10H10BrF2N/c11-7-4-3-6(9(12)10(7)13)8-2-1-5-14-8/h3-4,8,14H,1-2,5H2. The van der Waals surface area contributed by atoms with Crippen LogP contribution < -0.4 is 5.32 Å². The van der Waals surface area contributed by atoms with Crippen LogP contribution in [-0.4, -0.2) is 6.54 Å². The lowest BCUT2D eigenvalue weighted by Crippen LogP contribution is -2.15. The van der Waals surface area contributed by atoms with Crippen molar-refractivity contribution in [2.75, 3.05) is 6.54 Å². The molecule has 0 aromatic heterocycles. The van der Waals surface area contributed by atoms with Gasteiger partial charge in [-0.1, -0.05) is 6.07 Å². The molecule has 1 aromatic rings. The Hall–Kier alpha value is -0.480. The second-order valence-electron chi connectivity index (χ2n) is 3.41. The van der Waals surface area contributed by atoms with Crippen LogP contribution in [0.15, 0.2) is 16.6 Å². The molecule has 1 unspecified atom stereocenters. The minimum Gasteiger partial charge on any atom is -0.310 e. The fourth-order valence-corrected chi connectivity index (χ4v) is 2.07. The van der Waals surface area contributed by atoms with Crippen molar-refractivity contribution in [2.24, 2.45) is 0 Å². The number of hydrogen-bond donors (Lipinski definition) is 1. The molecule has 4 heteroatoms. The Morgan fingerprint density at radius 2 is 2.07 bits per heavy atom. The van der Waals surface area contributed by atoms with E-state index in [1.165, 1.54) is 0 Å². The molecule has 1 fully saturated rings. The smallest absolute Gasteiger partial charge is 0.173 e. The van der Waals surface area contributed by atoms with E-state index in [0.29, 0.717) is 5.56 Å². The Labute approximate surface area is 89.6 Å². The van der Waals surface area contributed by atoms with Gasteiger partial charge in [0.05, 0.1) is 4.47 Å². The fraction of sp³-hybridized carbons (Fsp3) is 0.400. The average Bonchev–Trinajstić information content (AvgIpc) is 2.67. The van der Waals surface area contributed by atoms with Crippen LogP contribution in [-0.2, 0) is 0 Å². The Morgan fingerprint density at radius 1 is 1.29 bits per heavy atom. The van der Waals surface area contributed by atoms with Crippen molar-refractivity contribution in [3.8, 4) is 0 Å². The zero-order valence-corrected chi connectivity index (χ0v) is 9.07. The van der Waals surface area contributed by atoms with Crippen LogP contribution in [0.2, 0.25) is 0 Å². The van der Waals surface area contributed by atoms with Crippen molar-refractivity contribution in [1.82, 2.24) is 5.32 Å². The average molecular weight is 262 g/mol. The number of nitrogens with one attached hydrogen (secondary N) is 1. The normalized spacial score (nSPS) is 21.5. The second-order valence-corrected chi connectivity index (χ2v) is 4.27. The summed E-state index contributed by atoms with van der Waals surface area (Å²) in [5.41, 5.74) is 0.434. The highest BCUT2D eigenvalue weighted by molar-refractivity contribution is 9.10. The molecule has 2 rings (SSSR count). The zero-order chi connectivity index (χ0) is 10.1.